The smallest absolute Gasteiger partial charge is 0.149 e. The number of hydrogen-bond acceptors (Lipinski definition) is 2. The van der Waals surface area contributed by atoms with Gasteiger partial charge in [-0.2, -0.15) is 0 Å². The Morgan fingerprint density at radius 1 is 1.12 bits per heavy atom. The first-order chi connectivity index (χ1) is 7.81. The van der Waals surface area contributed by atoms with E-state index in [1.165, 1.54) is 38.6 Å². The van der Waals surface area contributed by atoms with Crippen molar-refractivity contribution in [3.8, 4) is 0 Å². The monoisotopic (exact) mass is 223 g/mol. The Morgan fingerprint density at radius 3 is 2.56 bits per heavy atom. The zero-order chi connectivity index (χ0) is 11.4. The van der Waals surface area contributed by atoms with Crippen molar-refractivity contribution in [2.24, 2.45) is 5.92 Å². The van der Waals surface area contributed by atoms with E-state index in [1.807, 2.05) is 0 Å². The first-order valence-corrected chi connectivity index (χ1v) is 7.08. The minimum absolute atomic E-state index is 0.257. The van der Waals surface area contributed by atoms with Gasteiger partial charge < -0.3 is 0 Å². The molecule has 0 radical (unpaired) electrons. The molecule has 0 spiro atoms. The molecule has 0 N–H and O–H groups in total. The van der Waals surface area contributed by atoms with Crippen LogP contribution in [-0.2, 0) is 4.79 Å². The van der Waals surface area contributed by atoms with Crippen LogP contribution in [0.25, 0.3) is 0 Å². The summed E-state index contributed by atoms with van der Waals surface area (Å²) < 4.78 is 0. The van der Waals surface area contributed by atoms with E-state index in [4.69, 9.17) is 0 Å². The number of Topliss-reactive ketones (excluding diaryl/α,β-unsaturated/α-hetero) is 1. The van der Waals surface area contributed by atoms with Crippen LogP contribution in [0.3, 0.4) is 0 Å². The van der Waals surface area contributed by atoms with E-state index in [9.17, 15) is 4.79 Å². The van der Waals surface area contributed by atoms with Crippen LogP contribution in [0, 0.1) is 5.92 Å². The van der Waals surface area contributed by atoms with Gasteiger partial charge in [0.2, 0.25) is 0 Å². The number of rotatable bonds is 4. The van der Waals surface area contributed by atoms with E-state index in [-0.39, 0.29) is 6.04 Å². The molecule has 2 saturated carbocycles. The summed E-state index contributed by atoms with van der Waals surface area (Å²) in [6.45, 7) is 4.43. The molecular formula is C14H25NO. The van der Waals surface area contributed by atoms with Gasteiger partial charge in [-0.15, -0.1) is 0 Å². The fourth-order valence-electron chi connectivity index (χ4n) is 3.01. The van der Waals surface area contributed by atoms with Gasteiger partial charge in [-0.05, 0) is 38.1 Å². The molecule has 1 unspecified atom stereocenters. The van der Waals surface area contributed by atoms with Gasteiger partial charge in [-0.25, -0.2) is 0 Å². The number of likely N-dealkylation sites (N-methyl/N-ethyl adjacent to an activating group) is 1. The van der Waals surface area contributed by atoms with E-state index in [0.29, 0.717) is 5.78 Å². The number of hydrogen-bond donors (Lipinski definition) is 0. The van der Waals surface area contributed by atoms with Gasteiger partial charge in [0, 0.05) is 13.0 Å². The van der Waals surface area contributed by atoms with E-state index < -0.39 is 0 Å². The van der Waals surface area contributed by atoms with Gasteiger partial charge in [-0.1, -0.05) is 26.2 Å². The zero-order valence-corrected chi connectivity index (χ0v) is 10.6. The maximum Gasteiger partial charge on any atom is 0.149 e. The molecule has 0 aromatic heterocycles. The van der Waals surface area contributed by atoms with Crippen molar-refractivity contribution < 1.29 is 4.79 Å². The van der Waals surface area contributed by atoms with E-state index in [2.05, 4.69) is 11.8 Å². The second-order valence-electron chi connectivity index (χ2n) is 5.47. The number of carbonyl (C=O) groups is 1. The van der Waals surface area contributed by atoms with Crippen molar-refractivity contribution in [3.63, 3.8) is 0 Å². The number of carbonyl (C=O) groups excluding carboxylic acids is 1. The molecule has 0 saturated heterocycles. The van der Waals surface area contributed by atoms with E-state index in [1.54, 1.807) is 0 Å². The van der Waals surface area contributed by atoms with Gasteiger partial charge in [0.1, 0.15) is 5.78 Å². The second kappa shape index (κ2) is 5.81. The summed E-state index contributed by atoms with van der Waals surface area (Å²) in [6.07, 6.45) is 9.73. The Hall–Kier alpha value is -0.370. The highest BCUT2D eigenvalue weighted by atomic mass is 16.1. The van der Waals surface area contributed by atoms with Crippen molar-refractivity contribution in [2.45, 2.75) is 64.3 Å². The standard InChI is InChI=1S/C14H25NO/c1-2-15(11-12-7-6-8-12)13-9-4-3-5-10-14(13)16/h12-13H,2-11H2,1H3. The third-order valence-corrected chi connectivity index (χ3v) is 4.34. The fraction of sp³-hybridized carbons (Fsp3) is 0.929. The van der Waals surface area contributed by atoms with Gasteiger partial charge in [0.15, 0.2) is 0 Å². The van der Waals surface area contributed by atoms with Gasteiger partial charge in [0.05, 0.1) is 6.04 Å². The molecule has 0 heterocycles. The Labute approximate surface area is 99.4 Å². The first kappa shape index (κ1) is 12.1. The molecule has 2 heteroatoms. The van der Waals surface area contributed by atoms with Crippen LogP contribution >= 0.6 is 0 Å². The SMILES string of the molecule is CCN(CC1CCC1)C1CCCCCC1=O. The van der Waals surface area contributed by atoms with Crippen LogP contribution in [0.15, 0.2) is 0 Å². The summed E-state index contributed by atoms with van der Waals surface area (Å²) >= 11 is 0. The van der Waals surface area contributed by atoms with E-state index >= 15 is 0 Å². The average Bonchev–Trinajstić information content (AvgIpc) is 2.43. The topological polar surface area (TPSA) is 20.3 Å². The molecule has 0 bridgehead atoms. The van der Waals surface area contributed by atoms with Crippen LogP contribution in [0.4, 0.5) is 0 Å². The van der Waals surface area contributed by atoms with Crippen LogP contribution in [-0.4, -0.2) is 29.8 Å². The molecule has 0 aromatic carbocycles. The molecule has 2 aliphatic carbocycles. The van der Waals surface area contributed by atoms with E-state index in [0.717, 1.165) is 31.7 Å². The predicted molar refractivity (Wildman–Crippen MR) is 66.5 cm³/mol. The average molecular weight is 223 g/mol. The highest BCUT2D eigenvalue weighted by molar-refractivity contribution is 5.84. The molecule has 0 amide bonds. The lowest BCUT2D eigenvalue weighted by molar-refractivity contribution is -0.124. The maximum absolute atomic E-state index is 12.1. The summed E-state index contributed by atoms with van der Waals surface area (Å²) in [5.41, 5.74) is 0. The van der Waals surface area contributed by atoms with Crippen LogP contribution < -0.4 is 0 Å². The molecule has 2 fully saturated rings. The fourth-order valence-corrected chi connectivity index (χ4v) is 3.01. The molecule has 0 aliphatic heterocycles. The highest BCUT2D eigenvalue weighted by Gasteiger charge is 2.29. The molecule has 2 rings (SSSR count). The summed E-state index contributed by atoms with van der Waals surface area (Å²) in [7, 11) is 0. The molecule has 0 aromatic rings. The maximum atomic E-state index is 12.1. The highest BCUT2D eigenvalue weighted by Crippen LogP contribution is 2.29. The lowest BCUT2D eigenvalue weighted by Crippen LogP contribution is -2.44. The molecule has 1 atom stereocenters. The predicted octanol–water partition coefficient (Wildman–Crippen LogP) is 3.01. The minimum Gasteiger partial charge on any atom is -0.298 e. The Morgan fingerprint density at radius 2 is 1.94 bits per heavy atom. The van der Waals surface area contributed by atoms with Gasteiger partial charge in [-0.3, -0.25) is 9.69 Å². The summed E-state index contributed by atoms with van der Waals surface area (Å²) in [5, 5.41) is 0. The van der Waals surface area contributed by atoms with Crippen molar-refractivity contribution in [1.82, 2.24) is 4.90 Å². The third-order valence-electron chi connectivity index (χ3n) is 4.34. The molecule has 92 valence electrons. The summed E-state index contributed by atoms with van der Waals surface area (Å²) in [5.74, 6) is 1.40. The Kier molecular flexibility index (Phi) is 4.39. The van der Waals surface area contributed by atoms with Crippen LogP contribution in [0.5, 0.6) is 0 Å². The van der Waals surface area contributed by atoms with Crippen molar-refractivity contribution >= 4 is 5.78 Å². The van der Waals surface area contributed by atoms with Crippen molar-refractivity contribution in [3.05, 3.63) is 0 Å². The Balaban J connectivity index is 1.91. The summed E-state index contributed by atoms with van der Waals surface area (Å²) in [4.78, 5) is 14.5. The largest absolute Gasteiger partial charge is 0.298 e. The van der Waals surface area contributed by atoms with Gasteiger partial charge in [0.25, 0.3) is 0 Å². The summed E-state index contributed by atoms with van der Waals surface area (Å²) in [6, 6.07) is 0.257. The van der Waals surface area contributed by atoms with Crippen LogP contribution in [0.2, 0.25) is 0 Å². The van der Waals surface area contributed by atoms with Crippen molar-refractivity contribution in [1.29, 1.82) is 0 Å². The molecule has 2 aliphatic rings. The second-order valence-corrected chi connectivity index (χ2v) is 5.47. The molecule has 2 nitrogen and oxygen atoms in total. The lowest BCUT2D eigenvalue weighted by atomic mass is 9.84. The van der Waals surface area contributed by atoms with Gasteiger partial charge >= 0.3 is 0 Å². The number of ketones is 1. The number of nitrogens with zero attached hydrogens (tertiary/aromatic N) is 1. The molecule has 16 heavy (non-hydrogen) atoms. The van der Waals surface area contributed by atoms with Crippen LogP contribution in [0.1, 0.15) is 58.3 Å². The third kappa shape index (κ3) is 2.85. The Bertz CT molecular complexity index is 235. The minimum atomic E-state index is 0.257. The zero-order valence-electron chi connectivity index (χ0n) is 10.6. The normalized spacial score (nSPS) is 27.9. The molecular weight excluding hydrogens is 198 g/mol. The lowest BCUT2D eigenvalue weighted by Gasteiger charge is -2.35. The quantitative estimate of drug-likeness (QED) is 0.683. The van der Waals surface area contributed by atoms with Crippen molar-refractivity contribution in [2.75, 3.05) is 13.1 Å². The first-order valence-electron chi connectivity index (χ1n) is 7.08.